The first-order valence-electron chi connectivity index (χ1n) is 7.92. The number of aliphatic hydroxyl groups excluding tert-OH is 3. The molecule has 0 aliphatic heterocycles. The number of ketones is 3. The summed E-state index contributed by atoms with van der Waals surface area (Å²) in [5.74, 6) is -16.0. The first-order chi connectivity index (χ1) is 16.6. The van der Waals surface area contributed by atoms with Gasteiger partial charge in [-0.3, -0.25) is 14.4 Å². The van der Waals surface area contributed by atoms with Crippen molar-refractivity contribution < 1.29 is 152 Å². The molecule has 0 saturated carbocycles. The van der Waals surface area contributed by atoms with Crippen molar-refractivity contribution in [1.29, 1.82) is 0 Å². The molecule has 0 aromatic rings. The molecule has 0 aromatic carbocycles. The van der Waals surface area contributed by atoms with E-state index in [2.05, 4.69) is 0 Å². The zero-order valence-electron chi connectivity index (χ0n) is 18.7. The smallest absolute Gasteiger partial charge is 0.454 e. The molecule has 0 rings (SSSR count). The van der Waals surface area contributed by atoms with Gasteiger partial charge in [0.15, 0.2) is 0 Å². The van der Waals surface area contributed by atoms with Crippen LogP contribution in [-0.2, 0) is 47.1 Å². The summed E-state index contributed by atoms with van der Waals surface area (Å²) >= 11 is 0. The molecule has 0 spiro atoms. The molecule has 7 N–H and O–H groups in total. The van der Waals surface area contributed by atoms with Gasteiger partial charge < -0.3 is 26.3 Å². The van der Waals surface area contributed by atoms with Crippen LogP contribution in [0.5, 0.6) is 0 Å². The Labute approximate surface area is 242 Å². The fourth-order valence-corrected chi connectivity index (χ4v) is 0.864. The second-order valence-corrected chi connectivity index (χ2v) is 5.67. The molecule has 8 nitrogen and oxygen atoms in total. The van der Waals surface area contributed by atoms with E-state index < -0.39 is 89.9 Å². The third-order valence-corrected chi connectivity index (χ3v) is 2.51. The van der Waals surface area contributed by atoms with E-state index in [1.807, 2.05) is 0 Å². The molecule has 27 heteroatoms. The second kappa shape index (κ2) is 18.1. The maximum Gasteiger partial charge on any atom is 0.454 e. The summed E-state index contributed by atoms with van der Waals surface area (Å²) in [6.45, 7) is 0. The molecular weight excluding hydrogens is 739 g/mol. The van der Waals surface area contributed by atoms with E-state index in [9.17, 15) is 93.4 Å². The summed E-state index contributed by atoms with van der Waals surface area (Å²) in [6.07, 6.45) is -35.0. The molecule has 247 valence electrons. The molecule has 42 heavy (non-hydrogen) atoms. The second-order valence-electron chi connectivity index (χ2n) is 5.67. The van der Waals surface area contributed by atoms with Crippen LogP contribution >= 0.6 is 0 Å². The number of carbonyl (C=O) groups is 3. The number of aliphatic hydroxyl groups is 3. The van der Waals surface area contributed by atoms with E-state index in [1.54, 1.807) is 0 Å². The van der Waals surface area contributed by atoms with E-state index >= 15 is 0 Å². The maximum absolute atomic E-state index is 11.4. The van der Waals surface area contributed by atoms with E-state index in [0.29, 0.717) is 0 Å². The minimum atomic E-state index is -5.42. The van der Waals surface area contributed by atoms with Crippen molar-refractivity contribution in [2.75, 3.05) is 0 Å². The van der Waals surface area contributed by atoms with Crippen LogP contribution in [0.15, 0.2) is 35.5 Å². The minimum absolute atomic E-state index is 0. The van der Waals surface area contributed by atoms with Gasteiger partial charge in [0.1, 0.15) is 0 Å². The quantitative estimate of drug-likeness (QED) is 0.214. The van der Waals surface area contributed by atoms with Crippen molar-refractivity contribution in [2.45, 2.75) is 37.1 Å². The Morgan fingerprint density at radius 1 is 0.357 bits per heavy atom. The van der Waals surface area contributed by atoms with Gasteiger partial charge in [0.2, 0.25) is 17.3 Å². The van der Waals surface area contributed by atoms with E-state index in [1.165, 1.54) is 0 Å². The summed E-state index contributed by atoms with van der Waals surface area (Å²) in [5.41, 5.74) is 0. The standard InChI is InChI=1S/3C5H2F6O2.2H2O.Y/c3*6-4(7,8)2(12)1-3(13)5(9,10)11;;;/h3*1,12H;2*1H2;/b3*2-1-;;;. The molecular formula is C15H10F18O8Y. The summed E-state index contributed by atoms with van der Waals surface area (Å²) in [6, 6.07) is 0. The summed E-state index contributed by atoms with van der Waals surface area (Å²) in [4.78, 5) is 29.6. The summed E-state index contributed by atoms with van der Waals surface area (Å²) < 4.78 is 204. The van der Waals surface area contributed by atoms with Gasteiger partial charge in [0.25, 0.3) is 17.3 Å². The third-order valence-electron chi connectivity index (χ3n) is 2.51. The molecule has 0 bridgehead atoms. The fourth-order valence-electron chi connectivity index (χ4n) is 0.864. The van der Waals surface area contributed by atoms with Crippen molar-refractivity contribution in [1.82, 2.24) is 0 Å². The Balaban J connectivity index is -0.000000112. The average Bonchev–Trinajstić information content (AvgIpc) is 2.64. The average molecular weight is 749 g/mol. The Morgan fingerprint density at radius 2 is 0.476 bits per heavy atom. The number of allylic oxidation sites excluding steroid dienone is 6. The van der Waals surface area contributed by atoms with Gasteiger partial charge in [-0.15, -0.1) is 0 Å². The van der Waals surface area contributed by atoms with Gasteiger partial charge >= 0.3 is 37.1 Å². The van der Waals surface area contributed by atoms with Crippen LogP contribution < -0.4 is 0 Å². The zero-order chi connectivity index (χ0) is 32.6. The van der Waals surface area contributed by atoms with E-state index in [4.69, 9.17) is 15.3 Å². The van der Waals surface area contributed by atoms with Crippen LogP contribution in [0.4, 0.5) is 79.0 Å². The number of hydrogen-bond donors (Lipinski definition) is 3. The van der Waals surface area contributed by atoms with Crippen molar-refractivity contribution in [2.24, 2.45) is 0 Å². The largest absolute Gasteiger partial charge is 0.504 e. The van der Waals surface area contributed by atoms with Crippen LogP contribution in [0.2, 0.25) is 0 Å². The number of halogens is 18. The predicted molar refractivity (Wildman–Crippen MR) is 90.7 cm³/mol. The zero-order valence-corrected chi connectivity index (χ0v) is 21.5. The van der Waals surface area contributed by atoms with Crippen molar-refractivity contribution >= 4 is 17.3 Å². The van der Waals surface area contributed by atoms with Gasteiger partial charge in [0.05, 0.1) is 0 Å². The number of hydrogen-bond acceptors (Lipinski definition) is 6. The summed E-state index contributed by atoms with van der Waals surface area (Å²) in [7, 11) is 0. The van der Waals surface area contributed by atoms with E-state index in [-0.39, 0.29) is 43.7 Å². The van der Waals surface area contributed by atoms with Gasteiger partial charge in [-0.05, 0) is 0 Å². The third kappa shape index (κ3) is 24.0. The Kier molecular flexibility index (Phi) is 22.5. The van der Waals surface area contributed by atoms with Crippen molar-refractivity contribution in [3.8, 4) is 0 Å². The molecule has 0 saturated heterocycles. The fraction of sp³-hybridized carbons (Fsp3) is 0.400. The molecule has 0 aliphatic carbocycles. The van der Waals surface area contributed by atoms with Gasteiger partial charge in [-0.1, -0.05) is 0 Å². The van der Waals surface area contributed by atoms with Gasteiger partial charge in [0, 0.05) is 50.9 Å². The molecule has 0 aromatic heterocycles. The molecule has 0 fully saturated rings. The molecule has 0 unspecified atom stereocenters. The topological polar surface area (TPSA) is 175 Å². The van der Waals surface area contributed by atoms with Gasteiger partial charge in [-0.2, -0.15) is 79.0 Å². The Bertz CT molecular complexity index is 839. The molecule has 0 amide bonds. The van der Waals surface area contributed by atoms with Gasteiger partial charge in [-0.25, -0.2) is 0 Å². The first kappa shape index (κ1) is 52.1. The van der Waals surface area contributed by atoms with Crippen LogP contribution in [0.25, 0.3) is 0 Å². The van der Waals surface area contributed by atoms with Crippen LogP contribution in [0, 0.1) is 0 Å². The van der Waals surface area contributed by atoms with Crippen LogP contribution in [0.1, 0.15) is 0 Å². The van der Waals surface area contributed by atoms with E-state index in [0.717, 1.165) is 0 Å². The van der Waals surface area contributed by atoms with Crippen molar-refractivity contribution in [3.05, 3.63) is 35.5 Å². The number of rotatable bonds is 3. The SMILES string of the molecule is O.O.O=C(/C=C(\O)C(F)(F)F)C(F)(F)F.O=C(/C=C(\O)C(F)(F)F)C(F)(F)F.O=C(/C=C(\O)C(F)(F)F)C(F)(F)F.[Y]. The Morgan fingerprint density at radius 3 is 0.548 bits per heavy atom. The van der Waals surface area contributed by atoms with Crippen LogP contribution in [0.3, 0.4) is 0 Å². The Hall–Kier alpha value is -2.61. The number of alkyl halides is 18. The molecule has 1 radical (unpaired) electrons. The maximum atomic E-state index is 11.4. The molecule has 0 atom stereocenters. The molecule has 0 heterocycles. The van der Waals surface area contributed by atoms with Crippen LogP contribution in [-0.4, -0.2) is 80.7 Å². The minimum Gasteiger partial charge on any atom is -0.504 e. The number of carbonyl (C=O) groups excluding carboxylic acids is 3. The molecule has 0 aliphatic rings. The van der Waals surface area contributed by atoms with Crippen molar-refractivity contribution in [3.63, 3.8) is 0 Å². The summed E-state index contributed by atoms with van der Waals surface area (Å²) in [5, 5.41) is 23.8. The monoisotopic (exact) mass is 749 g/mol. The predicted octanol–water partition coefficient (Wildman–Crippen LogP) is 4.71. The first-order valence-corrected chi connectivity index (χ1v) is 7.92. The normalized spacial score (nSPS) is 13.4.